The van der Waals surface area contributed by atoms with Gasteiger partial charge in [-0.25, -0.2) is 9.97 Å². The molecule has 94 valence electrons. The predicted molar refractivity (Wildman–Crippen MR) is 71.5 cm³/mol. The van der Waals surface area contributed by atoms with Crippen LogP contribution >= 0.6 is 11.8 Å². The smallest absolute Gasteiger partial charge is 0.188 e. The molecule has 0 bridgehead atoms. The Balaban J connectivity index is 1.77. The predicted octanol–water partition coefficient (Wildman–Crippen LogP) is 1.09. The maximum absolute atomic E-state index is 4.44. The molecule has 0 amide bonds. The normalized spacial score (nSPS) is 17.3. The van der Waals surface area contributed by atoms with Crippen molar-refractivity contribution < 1.29 is 0 Å². The summed E-state index contributed by atoms with van der Waals surface area (Å²) < 4.78 is 0. The van der Waals surface area contributed by atoms with Crippen LogP contribution in [0.2, 0.25) is 0 Å². The van der Waals surface area contributed by atoms with Gasteiger partial charge in [-0.05, 0) is 19.9 Å². The second-order valence-corrected chi connectivity index (χ2v) is 5.44. The molecule has 2 rings (SSSR count). The molecule has 1 aromatic heterocycles. The van der Waals surface area contributed by atoms with Crippen LogP contribution in [-0.4, -0.2) is 53.3 Å². The highest BCUT2D eigenvalue weighted by molar-refractivity contribution is 7.99. The van der Waals surface area contributed by atoms with Gasteiger partial charge in [0.25, 0.3) is 0 Å². The van der Waals surface area contributed by atoms with Gasteiger partial charge < -0.3 is 5.32 Å². The third-order valence-electron chi connectivity index (χ3n) is 2.81. The number of rotatable bonds is 4. The summed E-state index contributed by atoms with van der Waals surface area (Å²) >= 11 is 1.76. The van der Waals surface area contributed by atoms with Crippen LogP contribution < -0.4 is 5.32 Å². The summed E-state index contributed by atoms with van der Waals surface area (Å²) in [6.07, 6.45) is 0. The quantitative estimate of drug-likeness (QED) is 0.642. The first-order chi connectivity index (χ1) is 8.24. The van der Waals surface area contributed by atoms with Gasteiger partial charge in [-0.15, -0.1) is 0 Å². The van der Waals surface area contributed by atoms with Gasteiger partial charge in [-0.3, -0.25) is 4.90 Å². The van der Waals surface area contributed by atoms with E-state index < -0.39 is 0 Å². The van der Waals surface area contributed by atoms with E-state index in [2.05, 4.69) is 20.2 Å². The van der Waals surface area contributed by atoms with Crippen molar-refractivity contribution in [3.05, 3.63) is 17.5 Å². The first-order valence-corrected chi connectivity index (χ1v) is 7.11. The van der Waals surface area contributed by atoms with Crippen molar-refractivity contribution in [3.8, 4) is 0 Å². The number of aryl methyl sites for hydroxylation is 2. The van der Waals surface area contributed by atoms with Crippen LogP contribution in [0.1, 0.15) is 11.4 Å². The van der Waals surface area contributed by atoms with Crippen LogP contribution in [0.3, 0.4) is 0 Å². The Hall–Kier alpha value is -0.650. The maximum atomic E-state index is 4.44. The SMILES string of the molecule is Cc1cc(C)nc(SCCN2CCNCC2)n1. The number of aromatic nitrogens is 2. The van der Waals surface area contributed by atoms with E-state index in [1.165, 1.54) is 0 Å². The molecular weight excluding hydrogens is 232 g/mol. The van der Waals surface area contributed by atoms with Gasteiger partial charge in [0, 0.05) is 49.9 Å². The van der Waals surface area contributed by atoms with Crippen molar-refractivity contribution in [2.45, 2.75) is 19.0 Å². The van der Waals surface area contributed by atoms with E-state index in [0.29, 0.717) is 0 Å². The van der Waals surface area contributed by atoms with Gasteiger partial charge in [0.2, 0.25) is 0 Å². The lowest BCUT2D eigenvalue weighted by Gasteiger charge is -2.26. The van der Waals surface area contributed by atoms with Crippen LogP contribution in [0, 0.1) is 13.8 Å². The number of thioether (sulfide) groups is 1. The Morgan fingerprint density at radius 2 is 1.88 bits per heavy atom. The fourth-order valence-electron chi connectivity index (χ4n) is 1.96. The highest BCUT2D eigenvalue weighted by atomic mass is 32.2. The number of hydrogen-bond acceptors (Lipinski definition) is 5. The second kappa shape index (κ2) is 6.33. The largest absolute Gasteiger partial charge is 0.314 e. The Bertz CT molecular complexity index is 343. The zero-order valence-corrected chi connectivity index (χ0v) is 11.4. The Morgan fingerprint density at radius 1 is 1.24 bits per heavy atom. The molecule has 1 aromatic rings. The number of nitrogens with zero attached hydrogens (tertiary/aromatic N) is 3. The molecule has 1 N–H and O–H groups in total. The van der Waals surface area contributed by atoms with Gasteiger partial charge in [0.15, 0.2) is 5.16 Å². The van der Waals surface area contributed by atoms with Crippen LogP contribution in [-0.2, 0) is 0 Å². The molecule has 0 saturated carbocycles. The first kappa shape index (κ1) is 12.8. The van der Waals surface area contributed by atoms with Crippen molar-refractivity contribution in [2.24, 2.45) is 0 Å². The zero-order valence-electron chi connectivity index (χ0n) is 10.6. The summed E-state index contributed by atoms with van der Waals surface area (Å²) in [7, 11) is 0. The van der Waals surface area contributed by atoms with Crippen molar-refractivity contribution in [1.29, 1.82) is 0 Å². The lowest BCUT2D eigenvalue weighted by Crippen LogP contribution is -2.44. The molecule has 0 atom stereocenters. The number of piperazine rings is 1. The number of hydrogen-bond donors (Lipinski definition) is 1. The molecule has 0 aromatic carbocycles. The fraction of sp³-hybridized carbons (Fsp3) is 0.667. The van der Waals surface area contributed by atoms with Crippen molar-refractivity contribution in [1.82, 2.24) is 20.2 Å². The highest BCUT2D eigenvalue weighted by Gasteiger charge is 2.09. The van der Waals surface area contributed by atoms with Crippen LogP contribution in [0.5, 0.6) is 0 Å². The minimum Gasteiger partial charge on any atom is -0.314 e. The van der Waals surface area contributed by atoms with E-state index in [9.17, 15) is 0 Å². The minimum absolute atomic E-state index is 0.914. The fourth-order valence-corrected chi connectivity index (χ4v) is 2.91. The molecule has 5 heteroatoms. The molecule has 0 aliphatic carbocycles. The minimum atomic E-state index is 0.914. The zero-order chi connectivity index (χ0) is 12.1. The van der Waals surface area contributed by atoms with Crippen molar-refractivity contribution >= 4 is 11.8 Å². The van der Waals surface area contributed by atoms with E-state index in [1.54, 1.807) is 11.8 Å². The van der Waals surface area contributed by atoms with Crippen LogP contribution in [0.15, 0.2) is 11.2 Å². The molecule has 0 radical (unpaired) electrons. The van der Waals surface area contributed by atoms with Crippen molar-refractivity contribution in [3.63, 3.8) is 0 Å². The Kier molecular flexibility index (Phi) is 4.76. The average molecular weight is 252 g/mol. The molecule has 1 aliphatic heterocycles. The Morgan fingerprint density at radius 3 is 2.53 bits per heavy atom. The molecule has 0 spiro atoms. The molecule has 1 saturated heterocycles. The molecular formula is C12H20N4S. The van der Waals surface area contributed by atoms with E-state index in [4.69, 9.17) is 0 Å². The van der Waals surface area contributed by atoms with Gasteiger partial charge >= 0.3 is 0 Å². The third kappa shape index (κ3) is 4.26. The summed E-state index contributed by atoms with van der Waals surface area (Å²) in [5, 5.41) is 4.28. The number of nitrogens with one attached hydrogen (secondary N) is 1. The van der Waals surface area contributed by atoms with Crippen LogP contribution in [0.25, 0.3) is 0 Å². The van der Waals surface area contributed by atoms with Gasteiger partial charge in [-0.1, -0.05) is 11.8 Å². The monoisotopic (exact) mass is 252 g/mol. The standard InChI is InChI=1S/C12H20N4S/c1-10-9-11(2)15-12(14-10)17-8-7-16-5-3-13-4-6-16/h9,13H,3-8H2,1-2H3. The summed E-state index contributed by atoms with van der Waals surface area (Å²) in [5.41, 5.74) is 2.12. The van der Waals surface area contributed by atoms with E-state index in [1.807, 2.05) is 19.9 Å². The highest BCUT2D eigenvalue weighted by Crippen LogP contribution is 2.14. The summed E-state index contributed by atoms with van der Waals surface area (Å²) in [6.45, 7) is 9.73. The molecule has 0 unspecified atom stereocenters. The van der Waals surface area contributed by atoms with Crippen LogP contribution in [0.4, 0.5) is 0 Å². The molecule has 1 fully saturated rings. The molecule has 4 nitrogen and oxygen atoms in total. The lowest BCUT2D eigenvalue weighted by molar-refractivity contribution is 0.255. The second-order valence-electron chi connectivity index (χ2n) is 4.37. The topological polar surface area (TPSA) is 41.1 Å². The van der Waals surface area contributed by atoms with Crippen molar-refractivity contribution in [2.75, 3.05) is 38.5 Å². The molecule has 1 aliphatic rings. The molecule has 2 heterocycles. The summed E-state index contributed by atoms with van der Waals surface area (Å²) in [6, 6.07) is 2.01. The first-order valence-electron chi connectivity index (χ1n) is 6.12. The summed E-state index contributed by atoms with van der Waals surface area (Å²) in [4.78, 5) is 11.4. The summed E-state index contributed by atoms with van der Waals surface area (Å²) in [5.74, 6) is 1.07. The lowest BCUT2D eigenvalue weighted by atomic mass is 10.4. The molecule has 17 heavy (non-hydrogen) atoms. The van der Waals surface area contributed by atoms with Gasteiger partial charge in [0.1, 0.15) is 0 Å². The van der Waals surface area contributed by atoms with Gasteiger partial charge in [0.05, 0.1) is 0 Å². The van der Waals surface area contributed by atoms with E-state index in [-0.39, 0.29) is 0 Å². The average Bonchev–Trinajstić information content (AvgIpc) is 2.29. The van der Waals surface area contributed by atoms with Gasteiger partial charge in [-0.2, -0.15) is 0 Å². The Labute approximate surface area is 107 Å². The maximum Gasteiger partial charge on any atom is 0.188 e. The third-order valence-corrected chi connectivity index (χ3v) is 3.64. The van der Waals surface area contributed by atoms with E-state index in [0.717, 1.165) is 55.0 Å². The van der Waals surface area contributed by atoms with E-state index >= 15 is 0 Å².